The Labute approximate surface area is 83.2 Å². The summed E-state index contributed by atoms with van der Waals surface area (Å²) in [6.45, 7) is 0. The standard InChI is InChI=1S/C10H6O5/c11-5-1-2-8-6(3-5)7(10(13)14)4-9(12)15-8/h1-4,11H,(H,13,14). The smallest absolute Gasteiger partial charge is 0.337 e. The fourth-order valence-corrected chi connectivity index (χ4v) is 1.33. The van der Waals surface area contributed by atoms with Crippen LogP contribution in [-0.4, -0.2) is 16.2 Å². The average molecular weight is 206 g/mol. The van der Waals surface area contributed by atoms with Gasteiger partial charge in [0.25, 0.3) is 0 Å². The lowest BCUT2D eigenvalue weighted by atomic mass is 10.1. The van der Waals surface area contributed by atoms with Gasteiger partial charge in [-0.15, -0.1) is 0 Å². The van der Waals surface area contributed by atoms with E-state index in [1.165, 1.54) is 18.2 Å². The van der Waals surface area contributed by atoms with Gasteiger partial charge in [-0.05, 0) is 18.2 Å². The number of carboxylic acid groups (broad SMARTS) is 1. The summed E-state index contributed by atoms with van der Waals surface area (Å²) in [4.78, 5) is 21.8. The largest absolute Gasteiger partial charge is 0.508 e. The van der Waals surface area contributed by atoms with Gasteiger partial charge in [-0.25, -0.2) is 9.59 Å². The molecule has 0 unspecified atom stereocenters. The van der Waals surface area contributed by atoms with Crippen LogP contribution in [0.15, 0.2) is 33.5 Å². The highest BCUT2D eigenvalue weighted by atomic mass is 16.4. The Morgan fingerprint density at radius 2 is 2.00 bits per heavy atom. The lowest BCUT2D eigenvalue weighted by Gasteiger charge is -2.00. The average Bonchev–Trinajstić information content (AvgIpc) is 2.17. The zero-order valence-corrected chi connectivity index (χ0v) is 7.43. The van der Waals surface area contributed by atoms with E-state index in [1.54, 1.807) is 0 Å². The van der Waals surface area contributed by atoms with Crippen molar-refractivity contribution in [1.29, 1.82) is 0 Å². The number of phenols is 1. The normalized spacial score (nSPS) is 10.4. The molecule has 0 aliphatic carbocycles. The molecular formula is C10H6O5. The highest BCUT2D eigenvalue weighted by molar-refractivity contribution is 6.01. The van der Waals surface area contributed by atoms with E-state index in [0.717, 1.165) is 6.07 Å². The number of aromatic carboxylic acids is 1. The maximum atomic E-state index is 11.0. The van der Waals surface area contributed by atoms with Crippen molar-refractivity contribution in [3.05, 3.63) is 40.2 Å². The van der Waals surface area contributed by atoms with Crippen LogP contribution < -0.4 is 5.63 Å². The van der Waals surface area contributed by atoms with Gasteiger partial charge >= 0.3 is 11.6 Å². The molecular weight excluding hydrogens is 200 g/mol. The molecule has 0 bridgehead atoms. The molecule has 0 fully saturated rings. The van der Waals surface area contributed by atoms with E-state index in [1.807, 2.05) is 0 Å². The van der Waals surface area contributed by atoms with Gasteiger partial charge in [0.15, 0.2) is 0 Å². The first kappa shape index (κ1) is 9.26. The lowest BCUT2D eigenvalue weighted by molar-refractivity contribution is 0.0698. The van der Waals surface area contributed by atoms with Crippen molar-refractivity contribution >= 4 is 16.9 Å². The molecule has 5 nitrogen and oxygen atoms in total. The van der Waals surface area contributed by atoms with Crippen molar-refractivity contribution in [3.8, 4) is 5.75 Å². The fourth-order valence-electron chi connectivity index (χ4n) is 1.33. The molecule has 1 aromatic carbocycles. The molecule has 0 spiro atoms. The van der Waals surface area contributed by atoms with E-state index in [-0.39, 0.29) is 22.3 Å². The second-order valence-electron chi connectivity index (χ2n) is 2.96. The van der Waals surface area contributed by atoms with Gasteiger partial charge in [0.05, 0.1) is 5.56 Å². The summed E-state index contributed by atoms with van der Waals surface area (Å²) in [5, 5.41) is 18.2. The number of hydrogen-bond donors (Lipinski definition) is 2. The van der Waals surface area contributed by atoms with Crippen LogP contribution in [0.25, 0.3) is 11.0 Å². The molecule has 0 amide bonds. The number of aromatic hydroxyl groups is 1. The van der Waals surface area contributed by atoms with E-state index in [0.29, 0.717) is 0 Å². The third-order valence-electron chi connectivity index (χ3n) is 1.96. The Kier molecular flexibility index (Phi) is 1.93. The van der Waals surface area contributed by atoms with Crippen LogP contribution in [0.2, 0.25) is 0 Å². The van der Waals surface area contributed by atoms with Crippen molar-refractivity contribution in [3.63, 3.8) is 0 Å². The summed E-state index contributed by atoms with van der Waals surface area (Å²) in [5.41, 5.74) is -0.777. The summed E-state index contributed by atoms with van der Waals surface area (Å²) < 4.78 is 4.78. The number of hydrogen-bond acceptors (Lipinski definition) is 4. The zero-order valence-electron chi connectivity index (χ0n) is 7.43. The van der Waals surface area contributed by atoms with Crippen LogP contribution in [0.1, 0.15) is 10.4 Å². The maximum Gasteiger partial charge on any atom is 0.337 e. The van der Waals surface area contributed by atoms with E-state index in [2.05, 4.69) is 0 Å². The molecule has 1 heterocycles. The SMILES string of the molecule is O=C(O)c1cc(=O)oc2ccc(O)cc12. The monoisotopic (exact) mass is 206 g/mol. The number of rotatable bonds is 1. The molecule has 0 saturated heterocycles. The van der Waals surface area contributed by atoms with Crippen molar-refractivity contribution in [2.75, 3.05) is 0 Å². The summed E-state index contributed by atoms with van der Waals surface area (Å²) >= 11 is 0. The fraction of sp³-hybridized carbons (Fsp3) is 0. The third-order valence-corrected chi connectivity index (χ3v) is 1.96. The van der Waals surface area contributed by atoms with E-state index < -0.39 is 11.6 Å². The van der Waals surface area contributed by atoms with Crippen LogP contribution in [0.3, 0.4) is 0 Å². The Hall–Kier alpha value is -2.30. The van der Waals surface area contributed by atoms with Gasteiger partial charge in [0.2, 0.25) is 0 Å². The Morgan fingerprint density at radius 3 is 2.67 bits per heavy atom. The molecule has 15 heavy (non-hydrogen) atoms. The quantitative estimate of drug-likeness (QED) is 0.684. The van der Waals surface area contributed by atoms with Crippen molar-refractivity contribution in [2.24, 2.45) is 0 Å². The second kappa shape index (κ2) is 3.13. The minimum Gasteiger partial charge on any atom is -0.508 e. The molecule has 2 rings (SSSR count). The molecule has 0 atom stereocenters. The number of carboxylic acids is 1. The Bertz CT molecular complexity index is 596. The lowest BCUT2D eigenvalue weighted by Crippen LogP contribution is -2.05. The number of phenolic OH excluding ortho intramolecular Hbond substituents is 1. The van der Waals surface area contributed by atoms with Gasteiger partial charge in [-0.1, -0.05) is 0 Å². The molecule has 0 radical (unpaired) electrons. The first-order valence-electron chi connectivity index (χ1n) is 4.08. The topological polar surface area (TPSA) is 87.7 Å². The first-order valence-corrected chi connectivity index (χ1v) is 4.08. The van der Waals surface area contributed by atoms with Crippen LogP contribution in [-0.2, 0) is 0 Å². The molecule has 0 saturated carbocycles. The van der Waals surface area contributed by atoms with Crippen LogP contribution >= 0.6 is 0 Å². The van der Waals surface area contributed by atoms with E-state index in [4.69, 9.17) is 9.52 Å². The zero-order chi connectivity index (χ0) is 11.0. The van der Waals surface area contributed by atoms with E-state index >= 15 is 0 Å². The molecule has 2 aromatic rings. The number of fused-ring (bicyclic) bond motifs is 1. The van der Waals surface area contributed by atoms with Crippen molar-refractivity contribution in [2.45, 2.75) is 0 Å². The number of carbonyl (C=O) groups is 1. The molecule has 1 aromatic heterocycles. The predicted molar refractivity (Wildman–Crippen MR) is 51.1 cm³/mol. The van der Waals surface area contributed by atoms with Crippen molar-refractivity contribution in [1.82, 2.24) is 0 Å². The molecule has 5 heteroatoms. The van der Waals surface area contributed by atoms with Gasteiger partial charge in [0, 0.05) is 11.5 Å². The molecule has 0 aliphatic heterocycles. The highest BCUT2D eigenvalue weighted by Crippen LogP contribution is 2.21. The summed E-state index contributed by atoms with van der Waals surface area (Å²) in [6, 6.07) is 4.78. The predicted octanol–water partition coefficient (Wildman–Crippen LogP) is 1.20. The van der Waals surface area contributed by atoms with Gasteiger partial charge in [-0.2, -0.15) is 0 Å². The molecule has 0 aliphatic rings. The van der Waals surface area contributed by atoms with Gasteiger partial charge in [0.1, 0.15) is 11.3 Å². The summed E-state index contributed by atoms with van der Waals surface area (Å²) in [7, 11) is 0. The van der Waals surface area contributed by atoms with Crippen molar-refractivity contribution < 1.29 is 19.4 Å². The Balaban J connectivity index is 2.94. The summed E-state index contributed by atoms with van der Waals surface area (Å²) in [6.07, 6.45) is 0. The second-order valence-corrected chi connectivity index (χ2v) is 2.96. The van der Waals surface area contributed by atoms with Gasteiger partial charge < -0.3 is 14.6 Å². The first-order chi connectivity index (χ1) is 7.08. The number of benzene rings is 1. The minimum absolute atomic E-state index is 0.0844. The highest BCUT2D eigenvalue weighted by Gasteiger charge is 2.11. The van der Waals surface area contributed by atoms with Crippen LogP contribution in [0.5, 0.6) is 5.75 Å². The van der Waals surface area contributed by atoms with Gasteiger partial charge in [-0.3, -0.25) is 0 Å². The van der Waals surface area contributed by atoms with E-state index in [9.17, 15) is 14.7 Å². The molecule has 2 N–H and O–H groups in total. The van der Waals surface area contributed by atoms with Crippen LogP contribution in [0.4, 0.5) is 0 Å². The molecule has 76 valence electrons. The third kappa shape index (κ3) is 1.54. The minimum atomic E-state index is -1.24. The van der Waals surface area contributed by atoms with Crippen LogP contribution in [0, 0.1) is 0 Å². The summed E-state index contributed by atoms with van der Waals surface area (Å²) in [5.74, 6) is -1.32. The maximum absolute atomic E-state index is 11.0. The Morgan fingerprint density at radius 1 is 1.27 bits per heavy atom.